The predicted molar refractivity (Wildman–Crippen MR) is 73.4 cm³/mol. The van der Waals surface area contributed by atoms with Gasteiger partial charge in [-0.05, 0) is 20.5 Å². The first-order valence-corrected chi connectivity index (χ1v) is 6.25. The van der Waals surface area contributed by atoms with E-state index in [1.54, 1.807) is 4.90 Å². The van der Waals surface area contributed by atoms with E-state index in [0.29, 0.717) is 19.5 Å². The van der Waals surface area contributed by atoms with Crippen molar-refractivity contribution < 1.29 is 10.0 Å². The third-order valence-electron chi connectivity index (χ3n) is 3.21. The highest BCUT2D eigenvalue weighted by Gasteiger charge is 2.36. The molecule has 3 N–H and O–H groups in total. The van der Waals surface area contributed by atoms with Gasteiger partial charge in [0.25, 0.3) is 0 Å². The van der Waals surface area contributed by atoms with Gasteiger partial charge in [0.05, 0.1) is 11.0 Å². The van der Waals surface area contributed by atoms with Gasteiger partial charge in [-0.15, -0.1) is 0 Å². The molecule has 1 aliphatic rings. The number of nitrogen functional groups attached to an aromatic ring is 1. The number of likely N-dealkylation sites (N-methyl/N-ethyl adjacent to an activating group) is 1. The highest BCUT2D eigenvalue weighted by atomic mass is 16.6. The van der Waals surface area contributed by atoms with E-state index < -0.39 is 11.0 Å². The van der Waals surface area contributed by atoms with Crippen LogP contribution >= 0.6 is 0 Å². The lowest BCUT2D eigenvalue weighted by molar-refractivity contribution is -0.384. The van der Waals surface area contributed by atoms with Crippen LogP contribution in [-0.2, 0) is 0 Å². The molecule has 9 heteroatoms. The molecule has 1 saturated heterocycles. The Bertz CT molecular complexity index is 509. The maximum Gasteiger partial charge on any atom is 0.329 e. The summed E-state index contributed by atoms with van der Waals surface area (Å²) < 4.78 is 0. The summed E-state index contributed by atoms with van der Waals surface area (Å²) in [4.78, 5) is 21.9. The van der Waals surface area contributed by atoms with Gasteiger partial charge in [-0.1, -0.05) is 0 Å². The average molecular weight is 282 g/mol. The van der Waals surface area contributed by atoms with Crippen LogP contribution in [0.1, 0.15) is 6.42 Å². The van der Waals surface area contributed by atoms with Gasteiger partial charge in [0.1, 0.15) is 6.20 Å². The minimum atomic E-state index is -0.536. The van der Waals surface area contributed by atoms with Crippen molar-refractivity contribution in [2.45, 2.75) is 18.6 Å². The zero-order valence-electron chi connectivity index (χ0n) is 11.4. The van der Waals surface area contributed by atoms with Gasteiger partial charge in [0.15, 0.2) is 0 Å². The smallest absolute Gasteiger partial charge is 0.329 e. The molecule has 0 bridgehead atoms. The summed E-state index contributed by atoms with van der Waals surface area (Å²) in [6.45, 7) is 0.966. The number of nitrogens with zero attached hydrogens (tertiary/aromatic N) is 5. The molecular formula is C11H18N6O3. The van der Waals surface area contributed by atoms with Crippen LogP contribution < -0.4 is 10.6 Å². The summed E-state index contributed by atoms with van der Waals surface area (Å²) >= 11 is 0. The SMILES string of the molecule is CN(C)CC1CC(O)CN1c1nc(N)ncc1[N+](=O)[O-]. The fourth-order valence-corrected chi connectivity index (χ4v) is 2.47. The van der Waals surface area contributed by atoms with Gasteiger partial charge in [-0.2, -0.15) is 4.98 Å². The maximum absolute atomic E-state index is 11.1. The molecule has 1 aromatic rings. The number of aromatic nitrogens is 2. The Morgan fingerprint density at radius 3 is 2.95 bits per heavy atom. The minimum absolute atomic E-state index is 0.0180. The minimum Gasteiger partial charge on any atom is -0.391 e. The lowest BCUT2D eigenvalue weighted by Gasteiger charge is -2.27. The third-order valence-corrected chi connectivity index (χ3v) is 3.21. The second-order valence-corrected chi connectivity index (χ2v) is 5.15. The van der Waals surface area contributed by atoms with Crippen LogP contribution in [0.25, 0.3) is 0 Å². The van der Waals surface area contributed by atoms with Gasteiger partial charge in [0, 0.05) is 19.1 Å². The molecule has 2 unspecified atom stereocenters. The van der Waals surface area contributed by atoms with Gasteiger partial charge >= 0.3 is 5.69 Å². The molecule has 0 radical (unpaired) electrons. The zero-order valence-corrected chi connectivity index (χ0v) is 11.4. The summed E-state index contributed by atoms with van der Waals surface area (Å²) in [6, 6.07) is -0.0481. The molecular weight excluding hydrogens is 264 g/mol. The number of nitrogens with two attached hydrogens (primary N) is 1. The first-order chi connectivity index (χ1) is 9.38. The summed E-state index contributed by atoms with van der Waals surface area (Å²) in [5.74, 6) is 0.154. The molecule has 2 rings (SSSR count). The van der Waals surface area contributed by atoms with Crippen molar-refractivity contribution in [3.05, 3.63) is 16.3 Å². The van der Waals surface area contributed by atoms with E-state index in [2.05, 4.69) is 9.97 Å². The second kappa shape index (κ2) is 5.55. The summed E-state index contributed by atoms with van der Waals surface area (Å²) in [6.07, 6.45) is 1.12. The molecule has 0 spiro atoms. The van der Waals surface area contributed by atoms with E-state index in [9.17, 15) is 15.2 Å². The number of aliphatic hydroxyl groups excluding tert-OH is 1. The van der Waals surface area contributed by atoms with Gasteiger partial charge < -0.3 is 20.6 Å². The Morgan fingerprint density at radius 1 is 1.65 bits per heavy atom. The molecule has 2 heterocycles. The third kappa shape index (κ3) is 2.94. The van der Waals surface area contributed by atoms with E-state index in [-0.39, 0.29) is 23.5 Å². The van der Waals surface area contributed by atoms with Crippen LogP contribution in [0.3, 0.4) is 0 Å². The molecule has 9 nitrogen and oxygen atoms in total. The fraction of sp³-hybridized carbons (Fsp3) is 0.636. The Hall–Kier alpha value is -2.00. The highest BCUT2D eigenvalue weighted by molar-refractivity contribution is 5.59. The van der Waals surface area contributed by atoms with Gasteiger partial charge in [0.2, 0.25) is 11.8 Å². The quantitative estimate of drug-likeness (QED) is 0.558. The average Bonchev–Trinajstić information content (AvgIpc) is 2.68. The van der Waals surface area contributed by atoms with E-state index in [0.717, 1.165) is 6.20 Å². The van der Waals surface area contributed by atoms with Crippen LogP contribution in [0.5, 0.6) is 0 Å². The van der Waals surface area contributed by atoms with Crippen LogP contribution in [0.15, 0.2) is 6.20 Å². The number of aliphatic hydroxyl groups is 1. The monoisotopic (exact) mass is 282 g/mol. The van der Waals surface area contributed by atoms with Crippen LogP contribution in [0.4, 0.5) is 17.5 Å². The molecule has 1 fully saturated rings. The number of hydrogen-bond acceptors (Lipinski definition) is 8. The first-order valence-electron chi connectivity index (χ1n) is 6.25. The number of rotatable bonds is 4. The molecule has 0 amide bonds. The lowest BCUT2D eigenvalue weighted by atomic mass is 10.2. The summed E-state index contributed by atoms with van der Waals surface area (Å²) in [5.41, 5.74) is 5.34. The Morgan fingerprint density at radius 2 is 2.35 bits per heavy atom. The second-order valence-electron chi connectivity index (χ2n) is 5.15. The van der Waals surface area contributed by atoms with Gasteiger partial charge in [-0.25, -0.2) is 4.98 Å². The fourth-order valence-electron chi connectivity index (χ4n) is 2.47. The number of β-amino-alcohol motifs (C(OH)–C–C–N with tert-alkyl or cyclic N) is 1. The Kier molecular flexibility index (Phi) is 4.00. The number of nitro groups is 1. The maximum atomic E-state index is 11.1. The van der Waals surface area contributed by atoms with Crippen molar-refractivity contribution in [3.8, 4) is 0 Å². The van der Waals surface area contributed by atoms with E-state index >= 15 is 0 Å². The van der Waals surface area contributed by atoms with E-state index in [4.69, 9.17) is 5.73 Å². The predicted octanol–water partition coefficient (Wildman–Crippen LogP) is -0.532. The zero-order chi connectivity index (χ0) is 14.9. The molecule has 2 atom stereocenters. The largest absolute Gasteiger partial charge is 0.391 e. The van der Waals surface area contributed by atoms with Crippen molar-refractivity contribution in [2.75, 3.05) is 37.8 Å². The van der Waals surface area contributed by atoms with Crippen molar-refractivity contribution in [1.82, 2.24) is 14.9 Å². The van der Waals surface area contributed by atoms with Crippen LogP contribution in [0.2, 0.25) is 0 Å². The molecule has 0 aromatic carbocycles. The highest BCUT2D eigenvalue weighted by Crippen LogP contribution is 2.31. The molecule has 110 valence electrons. The molecule has 0 aliphatic carbocycles. The Labute approximate surface area is 116 Å². The Balaban J connectivity index is 2.37. The molecule has 0 saturated carbocycles. The first kappa shape index (κ1) is 14.4. The van der Waals surface area contributed by atoms with Crippen LogP contribution in [0, 0.1) is 10.1 Å². The van der Waals surface area contributed by atoms with Crippen molar-refractivity contribution >= 4 is 17.5 Å². The lowest BCUT2D eigenvalue weighted by Crippen LogP contribution is -2.38. The van der Waals surface area contributed by atoms with E-state index in [1.807, 2.05) is 19.0 Å². The molecule has 1 aromatic heterocycles. The summed E-state index contributed by atoms with van der Waals surface area (Å²) in [5, 5.41) is 20.9. The van der Waals surface area contributed by atoms with Crippen molar-refractivity contribution in [1.29, 1.82) is 0 Å². The standard InChI is InChI=1S/C11H18N6O3/c1-15(2)5-7-3-8(18)6-16(7)10-9(17(19)20)4-13-11(12)14-10/h4,7-8,18H,3,5-6H2,1-2H3,(H2,12,13,14). The topological polar surface area (TPSA) is 122 Å². The van der Waals surface area contributed by atoms with Crippen LogP contribution in [-0.4, -0.2) is 64.2 Å². The van der Waals surface area contributed by atoms with Gasteiger partial charge in [-0.3, -0.25) is 10.1 Å². The number of hydrogen-bond donors (Lipinski definition) is 2. The van der Waals surface area contributed by atoms with Crippen molar-refractivity contribution in [2.24, 2.45) is 0 Å². The molecule has 1 aliphatic heterocycles. The normalized spacial score (nSPS) is 22.5. The van der Waals surface area contributed by atoms with Crippen molar-refractivity contribution in [3.63, 3.8) is 0 Å². The molecule has 20 heavy (non-hydrogen) atoms. The number of anilines is 2. The van der Waals surface area contributed by atoms with E-state index in [1.165, 1.54) is 0 Å². The summed E-state index contributed by atoms with van der Waals surface area (Å²) in [7, 11) is 3.82.